The van der Waals surface area contributed by atoms with E-state index in [4.69, 9.17) is 0 Å². The first-order valence-corrected chi connectivity index (χ1v) is 3.59. The Labute approximate surface area is 71.7 Å². The lowest BCUT2D eigenvalue weighted by Crippen LogP contribution is -2.58. The smallest absolute Gasteiger partial charge is 0.175 e. The molecule has 0 aliphatic heterocycles. The normalized spacial score (nSPS) is 16.7. The van der Waals surface area contributed by atoms with Crippen LogP contribution in [0, 0.1) is 0 Å². The number of carboxylic acids is 1. The van der Waals surface area contributed by atoms with Gasteiger partial charge < -0.3 is 14.4 Å². The van der Waals surface area contributed by atoms with Crippen molar-refractivity contribution < 1.29 is 18.8 Å². The Hall–Kier alpha value is -0.900. The number of rotatable bonds is 4. The van der Waals surface area contributed by atoms with Crippen molar-refractivity contribution in [3.8, 4) is 0 Å². The van der Waals surface area contributed by atoms with E-state index in [0.717, 1.165) is 6.08 Å². The van der Waals surface area contributed by atoms with Crippen molar-refractivity contribution in [1.82, 2.24) is 0 Å². The third-order valence-electron chi connectivity index (χ3n) is 1.60. The lowest BCUT2D eigenvalue weighted by Gasteiger charge is -2.35. The molecule has 0 aromatic carbocycles. The van der Waals surface area contributed by atoms with E-state index in [0.29, 0.717) is 0 Å². The summed E-state index contributed by atoms with van der Waals surface area (Å²) < 4.78 is 13.0. The third-order valence-corrected chi connectivity index (χ3v) is 1.60. The van der Waals surface area contributed by atoms with Crippen LogP contribution in [0.15, 0.2) is 12.7 Å². The summed E-state index contributed by atoms with van der Waals surface area (Å²) >= 11 is 0. The number of quaternary nitrogens is 1. The molecule has 12 heavy (non-hydrogen) atoms. The van der Waals surface area contributed by atoms with E-state index < -0.39 is 18.2 Å². The fourth-order valence-corrected chi connectivity index (χ4v) is 1.00. The minimum Gasteiger partial charge on any atom is -0.544 e. The molecule has 0 aromatic heterocycles. The van der Waals surface area contributed by atoms with Gasteiger partial charge in [0.05, 0.1) is 21.1 Å². The van der Waals surface area contributed by atoms with Gasteiger partial charge in [-0.2, -0.15) is 0 Å². The summed E-state index contributed by atoms with van der Waals surface area (Å²) in [7, 11) is 4.78. The first-order valence-electron chi connectivity index (χ1n) is 3.59. The molecule has 2 atom stereocenters. The van der Waals surface area contributed by atoms with E-state index in [2.05, 4.69) is 6.58 Å². The van der Waals surface area contributed by atoms with Gasteiger partial charge in [-0.05, 0) is 0 Å². The number of hydrogen-bond acceptors (Lipinski definition) is 2. The van der Waals surface area contributed by atoms with Crippen LogP contribution >= 0.6 is 0 Å². The van der Waals surface area contributed by atoms with Crippen LogP contribution < -0.4 is 5.11 Å². The quantitative estimate of drug-likeness (QED) is 0.420. The Morgan fingerprint density at radius 2 is 2.00 bits per heavy atom. The maximum absolute atomic E-state index is 13.0. The number of hydrogen-bond donors (Lipinski definition) is 0. The van der Waals surface area contributed by atoms with Crippen LogP contribution in [0.3, 0.4) is 0 Å². The third kappa shape index (κ3) is 2.62. The first kappa shape index (κ1) is 11.1. The molecule has 0 aliphatic carbocycles. The largest absolute Gasteiger partial charge is 0.544 e. The fourth-order valence-electron chi connectivity index (χ4n) is 1.00. The molecule has 0 fully saturated rings. The number of carbonyl (C=O) groups is 1. The number of carboxylic acid groups (broad SMARTS) is 1. The Bertz CT molecular complexity index is 186. The van der Waals surface area contributed by atoms with Crippen LogP contribution in [0.25, 0.3) is 0 Å². The van der Waals surface area contributed by atoms with Gasteiger partial charge in [0.25, 0.3) is 0 Å². The van der Waals surface area contributed by atoms with Gasteiger partial charge in [0.2, 0.25) is 0 Å². The van der Waals surface area contributed by atoms with Crippen molar-refractivity contribution in [2.24, 2.45) is 0 Å². The predicted molar refractivity (Wildman–Crippen MR) is 41.9 cm³/mol. The molecule has 0 amide bonds. The molecule has 0 rings (SSSR count). The summed E-state index contributed by atoms with van der Waals surface area (Å²) in [4.78, 5) is 10.5. The van der Waals surface area contributed by atoms with Crippen LogP contribution in [0.5, 0.6) is 0 Å². The molecule has 3 nitrogen and oxygen atoms in total. The Morgan fingerprint density at radius 1 is 1.58 bits per heavy atom. The number of likely N-dealkylation sites (N-methyl/N-ethyl adjacent to an activating group) is 1. The van der Waals surface area contributed by atoms with Gasteiger partial charge >= 0.3 is 0 Å². The Kier molecular flexibility index (Phi) is 3.39. The monoisotopic (exact) mass is 175 g/mol. The second-order valence-corrected chi connectivity index (χ2v) is 3.56. The average Bonchev–Trinajstić information content (AvgIpc) is 1.83. The molecule has 4 heteroatoms. The number of carbonyl (C=O) groups excluding carboxylic acids is 1. The summed E-state index contributed by atoms with van der Waals surface area (Å²) in [5.74, 6) is -1.39. The van der Waals surface area contributed by atoms with Crippen LogP contribution in [0.1, 0.15) is 0 Å². The molecular weight excluding hydrogens is 161 g/mol. The van der Waals surface area contributed by atoms with E-state index in [1.807, 2.05) is 0 Å². The van der Waals surface area contributed by atoms with Gasteiger partial charge in [-0.3, -0.25) is 0 Å². The van der Waals surface area contributed by atoms with E-state index in [1.54, 1.807) is 21.1 Å². The summed E-state index contributed by atoms with van der Waals surface area (Å²) in [5, 5.41) is 10.5. The van der Waals surface area contributed by atoms with Gasteiger partial charge in [0.15, 0.2) is 12.2 Å². The molecule has 0 N–H and O–H groups in total. The van der Waals surface area contributed by atoms with Gasteiger partial charge in [0, 0.05) is 0 Å². The van der Waals surface area contributed by atoms with Gasteiger partial charge in [-0.1, -0.05) is 12.7 Å². The topological polar surface area (TPSA) is 40.1 Å². The number of aliphatic carboxylic acids is 1. The molecule has 0 spiro atoms. The second kappa shape index (κ2) is 3.67. The van der Waals surface area contributed by atoms with Crippen molar-refractivity contribution in [2.75, 3.05) is 21.1 Å². The molecule has 0 saturated heterocycles. The molecule has 0 aliphatic rings. The first-order chi connectivity index (χ1) is 5.30. The van der Waals surface area contributed by atoms with Crippen molar-refractivity contribution >= 4 is 5.97 Å². The van der Waals surface area contributed by atoms with Crippen LogP contribution in [-0.2, 0) is 4.79 Å². The van der Waals surface area contributed by atoms with Crippen molar-refractivity contribution in [3.05, 3.63) is 12.7 Å². The van der Waals surface area contributed by atoms with Crippen LogP contribution in [0.4, 0.5) is 4.39 Å². The number of nitrogens with zero attached hydrogens (tertiary/aromatic N) is 1. The molecule has 0 aromatic rings. The second-order valence-electron chi connectivity index (χ2n) is 3.56. The highest BCUT2D eigenvalue weighted by Crippen LogP contribution is 2.11. The van der Waals surface area contributed by atoms with Gasteiger partial charge in [-0.15, -0.1) is 0 Å². The van der Waals surface area contributed by atoms with Crippen LogP contribution in [0.2, 0.25) is 0 Å². The van der Waals surface area contributed by atoms with Gasteiger partial charge in [-0.25, -0.2) is 4.39 Å². The van der Waals surface area contributed by atoms with E-state index in [9.17, 15) is 14.3 Å². The SMILES string of the molecule is C=CC(F)C(C(=O)[O-])[N+](C)(C)C. The standard InChI is InChI=1S/C8H14FNO2/c1-5-6(9)7(8(11)12)10(2,3)4/h5-7H,1H2,2-4H3. The highest BCUT2D eigenvalue weighted by molar-refractivity contribution is 5.71. The number of alkyl halides is 1. The molecule has 0 heterocycles. The average molecular weight is 175 g/mol. The zero-order valence-corrected chi connectivity index (χ0v) is 7.58. The summed E-state index contributed by atoms with van der Waals surface area (Å²) in [6.45, 7) is 3.20. The lowest BCUT2D eigenvalue weighted by atomic mass is 10.1. The lowest BCUT2D eigenvalue weighted by molar-refractivity contribution is -0.891. The fraction of sp³-hybridized carbons (Fsp3) is 0.625. The molecule has 2 unspecified atom stereocenters. The molecule has 0 bridgehead atoms. The summed E-state index contributed by atoms with van der Waals surface area (Å²) in [5.41, 5.74) is 0. The molecular formula is C8H14FNO2. The zero-order chi connectivity index (χ0) is 9.94. The van der Waals surface area contributed by atoms with Crippen LogP contribution in [-0.4, -0.2) is 43.8 Å². The maximum atomic E-state index is 13.0. The van der Waals surface area contributed by atoms with Crippen molar-refractivity contribution in [3.63, 3.8) is 0 Å². The highest BCUT2D eigenvalue weighted by atomic mass is 19.1. The predicted octanol–water partition coefficient (Wildman–Crippen LogP) is -0.665. The summed E-state index contributed by atoms with van der Waals surface area (Å²) in [6.07, 6.45) is -0.598. The Balaban J connectivity index is 4.67. The van der Waals surface area contributed by atoms with E-state index >= 15 is 0 Å². The number of halogens is 1. The van der Waals surface area contributed by atoms with E-state index in [1.165, 1.54) is 0 Å². The Morgan fingerprint density at radius 3 is 2.08 bits per heavy atom. The highest BCUT2D eigenvalue weighted by Gasteiger charge is 2.32. The van der Waals surface area contributed by atoms with Crippen molar-refractivity contribution in [1.29, 1.82) is 0 Å². The molecule has 0 saturated carbocycles. The van der Waals surface area contributed by atoms with Crippen molar-refractivity contribution in [2.45, 2.75) is 12.2 Å². The molecule has 70 valence electrons. The summed E-state index contributed by atoms with van der Waals surface area (Å²) in [6, 6.07) is -1.19. The zero-order valence-electron chi connectivity index (χ0n) is 7.58. The molecule has 0 radical (unpaired) electrons. The van der Waals surface area contributed by atoms with E-state index in [-0.39, 0.29) is 4.48 Å². The van der Waals surface area contributed by atoms with Gasteiger partial charge in [0.1, 0.15) is 5.97 Å². The minimum atomic E-state index is -1.57. The maximum Gasteiger partial charge on any atom is 0.175 e. The minimum absolute atomic E-state index is 0.0183.